The van der Waals surface area contributed by atoms with Gasteiger partial charge in [0.2, 0.25) is 5.91 Å². The molecular formula is C39H34Cl2N4O. The van der Waals surface area contributed by atoms with E-state index in [4.69, 9.17) is 28.3 Å². The predicted octanol–water partition coefficient (Wildman–Crippen LogP) is 9.13. The van der Waals surface area contributed by atoms with Gasteiger partial charge in [0.25, 0.3) is 0 Å². The third-order valence-corrected chi connectivity index (χ3v) is 9.69. The van der Waals surface area contributed by atoms with Crippen molar-refractivity contribution in [2.75, 3.05) is 25.5 Å². The Morgan fingerprint density at radius 3 is 1.87 bits per heavy atom. The van der Waals surface area contributed by atoms with Crippen LogP contribution in [0.15, 0.2) is 127 Å². The molecule has 7 rings (SSSR count). The van der Waals surface area contributed by atoms with Crippen molar-refractivity contribution in [1.29, 1.82) is 0 Å². The minimum Gasteiger partial charge on any atom is -0.308 e. The Labute approximate surface area is 279 Å². The normalized spacial score (nSPS) is 14.4. The van der Waals surface area contributed by atoms with Crippen LogP contribution in [0.4, 0.5) is 5.82 Å². The maximum Gasteiger partial charge on any atom is 0.228 e. The van der Waals surface area contributed by atoms with Crippen LogP contribution in [-0.2, 0) is 10.3 Å². The lowest BCUT2D eigenvalue weighted by Crippen LogP contribution is -2.39. The lowest BCUT2D eigenvalue weighted by molar-refractivity contribution is -0.121. The van der Waals surface area contributed by atoms with Gasteiger partial charge in [-0.25, -0.2) is 4.68 Å². The number of rotatable bonds is 7. The van der Waals surface area contributed by atoms with Crippen LogP contribution in [0.5, 0.6) is 0 Å². The number of halogens is 2. The number of anilines is 1. The van der Waals surface area contributed by atoms with E-state index in [0.29, 0.717) is 15.9 Å². The zero-order valence-electron chi connectivity index (χ0n) is 25.5. The first-order valence-corrected chi connectivity index (χ1v) is 16.4. The Morgan fingerprint density at radius 1 is 0.761 bits per heavy atom. The lowest BCUT2D eigenvalue weighted by Gasteiger charge is -2.37. The monoisotopic (exact) mass is 644 g/mol. The molecule has 0 radical (unpaired) electrons. The van der Waals surface area contributed by atoms with Gasteiger partial charge in [-0.05, 0) is 79.5 Å². The number of hydrogen-bond donors (Lipinski definition) is 1. The highest BCUT2D eigenvalue weighted by molar-refractivity contribution is 6.36. The summed E-state index contributed by atoms with van der Waals surface area (Å²) in [5, 5.41) is 10.6. The molecule has 2 heterocycles. The lowest BCUT2D eigenvalue weighted by atomic mass is 9.77. The van der Waals surface area contributed by atoms with E-state index < -0.39 is 5.54 Å². The number of carbonyl (C=O) groups is 1. The maximum absolute atomic E-state index is 13.8. The molecule has 1 N–H and O–H groups in total. The summed E-state index contributed by atoms with van der Waals surface area (Å²) >= 11 is 12.9. The minimum atomic E-state index is -0.849. The summed E-state index contributed by atoms with van der Waals surface area (Å²) in [4.78, 5) is 16.1. The van der Waals surface area contributed by atoms with E-state index in [1.54, 1.807) is 6.07 Å². The summed E-state index contributed by atoms with van der Waals surface area (Å²) in [6, 6.07) is 43.0. The molecule has 0 bridgehead atoms. The SMILES string of the molecule is CN1CCC(C(=O)Nc2nn(C(c3ccccc3)(c3ccccc3)c3ccccc3)c3ccc(-c4ccc(Cl)cc4Cl)cc23)CC1. The Balaban J connectivity index is 1.50. The number of amides is 1. The molecule has 5 nitrogen and oxygen atoms in total. The minimum absolute atomic E-state index is 0.000637. The molecule has 1 aliphatic rings. The molecule has 5 aromatic carbocycles. The predicted molar refractivity (Wildman–Crippen MR) is 189 cm³/mol. The van der Waals surface area contributed by atoms with Crippen LogP contribution in [0.3, 0.4) is 0 Å². The van der Waals surface area contributed by atoms with Gasteiger partial charge < -0.3 is 10.2 Å². The van der Waals surface area contributed by atoms with Gasteiger partial charge in [0.05, 0.1) is 5.52 Å². The molecule has 1 saturated heterocycles. The highest BCUT2D eigenvalue weighted by Crippen LogP contribution is 2.44. The molecule has 1 amide bonds. The fourth-order valence-corrected chi connectivity index (χ4v) is 7.27. The average molecular weight is 646 g/mol. The van der Waals surface area contributed by atoms with Crippen LogP contribution in [0.25, 0.3) is 22.0 Å². The van der Waals surface area contributed by atoms with Crippen molar-refractivity contribution < 1.29 is 4.79 Å². The van der Waals surface area contributed by atoms with Crippen molar-refractivity contribution in [3.63, 3.8) is 0 Å². The summed E-state index contributed by atoms with van der Waals surface area (Å²) in [6.45, 7) is 1.79. The molecule has 1 aromatic heterocycles. The molecule has 1 aliphatic heterocycles. The molecule has 0 saturated carbocycles. The summed E-state index contributed by atoms with van der Waals surface area (Å²) < 4.78 is 2.08. The molecule has 0 atom stereocenters. The molecule has 230 valence electrons. The second-order valence-corrected chi connectivity index (χ2v) is 12.8. The molecule has 0 aliphatic carbocycles. The van der Waals surface area contributed by atoms with Crippen LogP contribution < -0.4 is 5.32 Å². The van der Waals surface area contributed by atoms with Crippen molar-refractivity contribution in [3.8, 4) is 11.1 Å². The quantitative estimate of drug-likeness (QED) is 0.176. The molecule has 6 aromatic rings. The topological polar surface area (TPSA) is 50.2 Å². The van der Waals surface area contributed by atoms with E-state index in [-0.39, 0.29) is 11.8 Å². The van der Waals surface area contributed by atoms with Crippen molar-refractivity contribution >= 4 is 45.8 Å². The number of nitrogens with one attached hydrogen (secondary N) is 1. The Bertz CT molecular complexity index is 1890. The first kappa shape index (κ1) is 30.2. The van der Waals surface area contributed by atoms with Gasteiger partial charge in [-0.15, -0.1) is 0 Å². The molecule has 0 unspecified atom stereocenters. The van der Waals surface area contributed by atoms with Crippen LogP contribution in [0, 0.1) is 5.92 Å². The number of benzene rings is 5. The summed E-state index contributed by atoms with van der Waals surface area (Å²) in [5.41, 5.74) is 4.95. The van der Waals surface area contributed by atoms with E-state index in [1.807, 2.05) is 30.3 Å². The van der Waals surface area contributed by atoms with Gasteiger partial charge in [0.1, 0.15) is 5.54 Å². The number of aromatic nitrogens is 2. The van der Waals surface area contributed by atoms with Crippen molar-refractivity contribution in [3.05, 3.63) is 154 Å². The third kappa shape index (κ3) is 5.49. The van der Waals surface area contributed by atoms with Crippen molar-refractivity contribution in [2.45, 2.75) is 18.4 Å². The fourth-order valence-electron chi connectivity index (χ4n) is 6.75. The summed E-state index contributed by atoms with van der Waals surface area (Å²) in [7, 11) is 2.10. The Kier molecular flexibility index (Phi) is 8.39. The highest BCUT2D eigenvalue weighted by atomic mass is 35.5. The number of likely N-dealkylation sites (tertiary alicyclic amines) is 1. The van der Waals surface area contributed by atoms with E-state index in [1.165, 1.54) is 0 Å². The number of fused-ring (bicyclic) bond motifs is 1. The second kappa shape index (κ2) is 12.8. The fraction of sp³-hybridized carbons (Fsp3) is 0.179. The first-order chi connectivity index (χ1) is 22.4. The average Bonchev–Trinajstić information content (AvgIpc) is 3.44. The largest absolute Gasteiger partial charge is 0.308 e. The van der Waals surface area contributed by atoms with Crippen LogP contribution >= 0.6 is 23.2 Å². The van der Waals surface area contributed by atoms with E-state index >= 15 is 0 Å². The van der Waals surface area contributed by atoms with Gasteiger partial charge >= 0.3 is 0 Å². The standard InChI is InChI=1S/C39H34Cl2N4O/c1-44-23-21-27(22-24-44)38(46)42-37-34-25-28(33-19-18-32(40)26-35(33)41)17-20-36(34)45(43-37)39(29-11-5-2-6-12-29,30-13-7-3-8-14-30)31-15-9-4-10-16-31/h2-20,25-27H,21-24H2,1H3,(H,42,43,46). The van der Waals surface area contributed by atoms with Gasteiger partial charge in [0.15, 0.2) is 5.82 Å². The van der Waals surface area contributed by atoms with Crippen LogP contribution in [-0.4, -0.2) is 40.7 Å². The van der Waals surface area contributed by atoms with Gasteiger partial charge in [-0.1, -0.05) is 126 Å². The highest BCUT2D eigenvalue weighted by Gasteiger charge is 2.41. The third-order valence-electron chi connectivity index (χ3n) is 9.15. The number of nitrogens with zero attached hydrogens (tertiary/aromatic N) is 3. The van der Waals surface area contributed by atoms with Crippen LogP contribution in [0.1, 0.15) is 29.5 Å². The zero-order chi connectivity index (χ0) is 31.7. The number of carbonyl (C=O) groups excluding carboxylic acids is 1. The zero-order valence-corrected chi connectivity index (χ0v) is 27.0. The Morgan fingerprint density at radius 2 is 1.33 bits per heavy atom. The molecular weight excluding hydrogens is 611 g/mol. The number of piperidine rings is 1. The van der Waals surface area contributed by atoms with Crippen molar-refractivity contribution in [1.82, 2.24) is 14.7 Å². The molecule has 7 heteroatoms. The molecule has 0 spiro atoms. The maximum atomic E-state index is 13.8. The van der Waals surface area contributed by atoms with Crippen molar-refractivity contribution in [2.24, 2.45) is 5.92 Å². The van der Waals surface area contributed by atoms with E-state index in [9.17, 15) is 4.79 Å². The second-order valence-electron chi connectivity index (χ2n) is 12.0. The number of hydrogen-bond acceptors (Lipinski definition) is 3. The van der Waals surface area contributed by atoms with Gasteiger partial charge in [-0.2, -0.15) is 5.10 Å². The Hall–Kier alpha value is -4.42. The van der Waals surface area contributed by atoms with Gasteiger partial charge in [-0.3, -0.25) is 4.79 Å². The van der Waals surface area contributed by atoms with Crippen LogP contribution in [0.2, 0.25) is 10.0 Å². The van der Waals surface area contributed by atoms with E-state index in [0.717, 1.165) is 64.7 Å². The smallest absolute Gasteiger partial charge is 0.228 e. The molecule has 46 heavy (non-hydrogen) atoms. The summed E-state index contributed by atoms with van der Waals surface area (Å²) in [6.07, 6.45) is 1.63. The summed E-state index contributed by atoms with van der Waals surface area (Å²) in [5.74, 6) is 0.449. The van der Waals surface area contributed by atoms with Gasteiger partial charge in [0, 0.05) is 26.9 Å². The molecule has 1 fully saturated rings. The first-order valence-electron chi connectivity index (χ1n) is 15.6. The van der Waals surface area contributed by atoms with E-state index in [2.05, 4.69) is 113 Å².